The zero-order valence-electron chi connectivity index (χ0n) is 16.7. The molecule has 3 heterocycles. The lowest BCUT2D eigenvalue weighted by atomic mass is 9.89. The van der Waals surface area contributed by atoms with Gasteiger partial charge in [-0.25, -0.2) is 4.52 Å². The normalized spacial score (nSPS) is 17.8. The van der Waals surface area contributed by atoms with Crippen LogP contribution in [0, 0.1) is 29.6 Å². The highest BCUT2D eigenvalue weighted by Crippen LogP contribution is 2.39. The molecule has 152 valence electrons. The maximum Gasteiger partial charge on any atom is 0.103 e. The van der Waals surface area contributed by atoms with Crippen molar-refractivity contribution in [2.75, 3.05) is 0 Å². The van der Waals surface area contributed by atoms with E-state index in [1.165, 1.54) is 11.8 Å². The minimum Gasteiger partial charge on any atom is -0.393 e. The van der Waals surface area contributed by atoms with Gasteiger partial charge in [0.2, 0.25) is 0 Å². The molecule has 31 heavy (non-hydrogen) atoms. The number of nitriles is 2. The van der Waals surface area contributed by atoms with E-state index < -0.39 is 0 Å². The first-order valence-electron chi connectivity index (χ1n) is 9.90. The molecule has 0 bridgehead atoms. The Morgan fingerprint density at radius 1 is 1.06 bits per heavy atom. The van der Waals surface area contributed by atoms with Crippen molar-refractivity contribution < 1.29 is 5.11 Å². The number of nitrogens with zero attached hydrogens (tertiary/aromatic N) is 6. The summed E-state index contributed by atoms with van der Waals surface area (Å²) >= 11 is 1.45. The molecule has 4 aromatic rings. The minimum atomic E-state index is -0.245. The Labute approximate surface area is 183 Å². The van der Waals surface area contributed by atoms with E-state index in [0.29, 0.717) is 11.1 Å². The van der Waals surface area contributed by atoms with Gasteiger partial charge in [-0.05, 0) is 38.0 Å². The summed E-state index contributed by atoms with van der Waals surface area (Å²) < 4.78 is 3.70. The third-order valence-electron chi connectivity index (χ3n) is 5.71. The van der Waals surface area contributed by atoms with Crippen molar-refractivity contribution in [1.29, 1.82) is 10.5 Å². The fourth-order valence-corrected chi connectivity index (χ4v) is 5.08. The van der Waals surface area contributed by atoms with E-state index >= 15 is 0 Å². The summed E-state index contributed by atoms with van der Waals surface area (Å²) in [5.41, 5.74) is 4.72. The van der Waals surface area contributed by atoms with Gasteiger partial charge in [0.05, 0.1) is 41.2 Å². The van der Waals surface area contributed by atoms with Gasteiger partial charge in [-0.2, -0.15) is 20.7 Å². The monoisotopic (exact) mass is 426 g/mol. The number of pyridine rings is 1. The van der Waals surface area contributed by atoms with Crippen molar-refractivity contribution in [2.24, 2.45) is 0 Å². The van der Waals surface area contributed by atoms with Crippen LogP contribution < -0.4 is 0 Å². The highest BCUT2D eigenvalue weighted by molar-refractivity contribution is 7.99. The standard InChI is InChI=1S/C23H18N6OS/c1-14-20(12-27-29(14)18-7-19(30)8-18)16-6-22(23-17(10-25)11-26-28(23)13-16)31-21-5-3-2-4-15(21)9-24/h2-6,11-13,18-19,30H,7-8H2,1H3. The molecule has 0 amide bonds. The summed E-state index contributed by atoms with van der Waals surface area (Å²) in [4.78, 5) is 1.67. The zero-order valence-corrected chi connectivity index (χ0v) is 17.5. The van der Waals surface area contributed by atoms with Crippen LogP contribution in [-0.4, -0.2) is 30.6 Å². The molecule has 5 rings (SSSR count). The Balaban J connectivity index is 1.63. The summed E-state index contributed by atoms with van der Waals surface area (Å²) in [6.07, 6.45) is 6.50. The maximum atomic E-state index is 9.65. The predicted molar refractivity (Wildman–Crippen MR) is 115 cm³/mol. The number of aromatic nitrogens is 4. The molecule has 1 aliphatic rings. The quantitative estimate of drug-likeness (QED) is 0.527. The number of benzene rings is 1. The molecule has 7 nitrogen and oxygen atoms in total. The van der Waals surface area contributed by atoms with E-state index in [2.05, 4.69) is 22.3 Å². The van der Waals surface area contributed by atoms with Gasteiger partial charge in [0.15, 0.2) is 0 Å². The number of aliphatic hydroxyl groups is 1. The lowest BCUT2D eigenvalue weighted by molar-refractivity contribution is 0.0426. The second-order valence-corrected chi connectivity index (χ2v) is 8.72. The smallest absolute Gasteiger partial charge is 0.103 e. The molecule has 1 aliphatic carbocycles. The maximum absolute atomic E-state index is 9.65. The summed E-state index contributed by atoms with van der Waals surface area (Å²) in [7, 11) is 0. The molecule has 0 unspecified atom stereocenters. The lowest BCUT2D eigenvalue weighted by Gasteiger charge is -2.32. The van der Waals surface area contributed by atoms with Crippen LogP contribution in [0.2, 0.25) is 0 Å². The number of rotatable bonds is 4. The fraction of sp³-hybridized carbons (Fsp3) is 0.217. The SMILES string of the molecule is Cc1c(-c2cc(Sc3ccccc3C#N)c3c(C#N)cnn3c2)cnn1C1CC(O)C1. The summed E-state index contributed by atoms with van der Waals surface area (Å²) in [6.45, 7) is 2.03. The van der Waals surface area contributed by atoms with E-state index in [9.17, 15) is 15.6 Å². The molecule has 1 fully saturated rings. The molecule has 1 N–H and O–H groups in total. The van der Waals surface area contributed by atoms with E-state index in [-0.39, 0.29) is 12.1 Å². The van der Waals surface area contributed by atoms with Gasteiger partial charge in [0.1, 0.15) is 12.1 Å². The molecule has 0 aliphatic heterocycles. The number of hydrogen-bond acceptors (Lipinski definition) is 6. The van der Waals surface area contributed by atoms with Gasteiger partial charge in [-0.15, -0.1) is 0 Å². The largest absolute Gasteiger partial charge is 0.393 e. The molecule has 0 saturated heterocycles. The summed E-state index contributed by atoms with van der Waals surface area (Å²) in [5.74, 6) is 0. The summed E-state index contributed by atoms with van der Waals surface area (Å²) in [6, 6.07) is 14.1. The molecule has 0 radical (unpaired) electrons. The predicted octanol–water partition coefficient (Wildman–Crippen LogP) is 4.10. The zero-order chi connectivity index (χ0) is 21.5. The van der Waals surface area contributed by atoms with Crippen LogP contribution in [0.1, 0.15) is 35.7 Å². The molecule has 0 atom stereocenters. The third kappa shape index (κ3) is 3.27. The van der Waals surface area contributed by atoms with Crippen molar-refractivity contribution in [2.45, 2.75) is 41.7 Å². The average Bonchev–Trinajstić information content (AvgIpc) is 3.35. The van der Waals surface area contributed by atoms with Gasteiger partial charge in [0, 0.05) is 32.8 Å². The highest BCUT2D eigenvalue weighted by atomic mass is 32.2. The molecular formula is C23H18N6OS. The van der Waals surface area contributed by atoms with Crippen LogP contribution >= 0.6 is 11.8 Å². The van der Waals surface area contributed by atoms with Crippen molar-refractivity contribution in [3.05, 3.63) is 65.7 Å². The Hall–Kier alpha value is -3.59. The third-order valence-corrected chi connectivity index (χ3v) is 6.82. The number of fused-ring (bicyclic) bond motifs is 1. The van der Waals surface area contributed by atoms with Gasteiger partial charge in [0.25, 0.3) is 0 Å². The van der Waals surface area contributed by atoms with Crippen molar-refractivity contribution in [1.82, 2.24) is 19.4 Å². The second kappa shape index (κ2) is 7.59. The molecular weight excluding hydrogens is 408 g/mol. The highest BCUT2D eigenvalue weighted by Gasteiger charge is 2.31. The van der Waals surface area contributed by atoms with Crippen LogP contribution in [0.25, 0.3) is 16.6 Å². The first kappa shape index (κ1) is 19.4. The molecule has 3 aromatic heterocycles. The van der Waals surface area contributed by atoms with Crippen molar-refractivity contribution in [3.8, 4) is 23.3 Å². The Bertz CT molecular complexity index is 1380. The van der Waals surface area contributed by atoms with Gasteiger partial charge >= 0.3 is 0 Å². The Morgan fingerprint density at radius 3 is 2.58 bits per heavy atom. The van der Waals surface area contributed by atoms with Crippen LogP contribution in [0.4, 0.5) is 0 Å². The van der Waals surface area contributed by atoms with Gasteiger partial charge in [-0.1, -0.05) is 23.9 Å². The van der Waals surface area contributed by atoms with Gasteiger partial charge in [-0.3, -0.25) is 4.68 Å². The Kier molecular flexibility index (Phi) is 4.74. The topological polar surface area (TPSA) is 103 Å². The van der Waals surface area contributed by atoms with E-state index in [0.717, 1.165) is 45.0 Å². The first-order chi connectivity index (χ1) is 15.1. The second-order valence-electron chi connectivity index (χ2n) is 7.63. The number of hydrogen-bond donors (Lipinski definition) is 1. The fourth-order valence-electron chi connectivity index (χ4n) is 3.99. The minimum absolute atomic E-state index is 0.221. The van der Waals surface area contributed by atoms with Crippen LogP contribution in [0.15, 0.2) is 58.7 Å². The summed E-state index contributed by atoms with van der Waals surface area (Å²) in [5, 5.41) is 37.6. The lowest BCUT2D eigenvalue weighted by Crippen LogP contribution is -2.31. The van der Waals surface area contributed by atoms with Crippen LogP contribution in [-0.2, 0) is 0 Å². The van der Waals surface area contributed by atoms with E-state index in [1.807, 2.05) is 48.3 Å². The molecule has 1 aromatic carbocycles. The van der Waals surface area contributed by atoms with Crippen LogP contribution in [0.3, 0.4) is 0 Å². The molecule has 8 heteroatoms. The first-order valence-corrected chi connectivity index (χ1v) is 10.7. The molecule has 1 saturated carbocycles. The van der Waals surface area contributed by atoms with Gasteiger partial charge < -0.3 is 5.11 Å². The average molecular weight is 427 g/mol. The van der Waals surface area contributed by atoms with E-state index in [4.69, 9.17) is 0 Å². The van der Waals surface area contributed by atoms with Crippen LogP contribution in [0.5, 0.6) is 0 Å². The van der Waals surface area contributed by atoms with Crippen molar-refractivity contribution >= 4 is 17.3 Å². The van der Waals surface area contributed by atoms with Crippen molar-refractivity contribution in [3.63, 3.8) is 0 Å². The molecule has 0 spiro atoms. The number of aliphatic hydroxyl groups excluding tert-OH is 1. The Morgan fingerprint density at radius 2 is 1.84 bits per heavy atom. The van der Waals surface area contributed by atoms with E-state index in [1.54, 1.807) is 16.8 Å².